The summed E-state index contributed by atoms with van der Waals surface area (Å²) in [5.74, 6) is 2.15. The zero-order valence-corrected chi connectivity index (χ0v) is 13.1. The first kappa shape index (κ1) is 14.2. The van der Waals surface area contributed by atoms with Crippen molar-refractivity contribution in [3.63, 3.8) is 0 Å². The number of hydrogen-bond acceptors (Lipinski definition) is 5. The van der Waals surface area contributed by atoms with Crippen molar-refractivity contribution >= 4 is 5.82 Å². The Morgan fingerprint density at radius 2 is 1.86 bits per heavy atom. The van der Waals surface area contributed by atoms with E-state index >= 15 is 0 Å². The van der Waals surface area contributed by atoms with Gasteiger partial charge in [0.05, 0.1) is 5.69 Å². The largest absolute Gasteiger partial charge is 0.363 e. The lowest BCUT2D eigenvalue weighted by Crippen LogP contribution is -2.14. The molecule has 6 heteroatoms. The molecule has 3 aromatic rings. The molecule has 3 rings (SSSR count). The molecule has 0 N–H and O–H groups in total. The highest BCUT2D eigenvalue weighted by Crippen LogP contribution is 2.20. The van der Waals surface area contributed by atoms with E-state index in [1.54, 1.807) is 6.20 Å². The number of pyridine rings is 1. The summed E-state index contributed by atoms with van der Waals surface area (Å²) >= 11 is 0. The van der Waals surface area contributed by atoms with Crippen LogP contribution in [-0.4, -0.2) is 38.8 Å². The summed E-state index contributed by atoms with van der Waals surface area (Å²) in [5.41, 5.74) is 2.74. The molecule has 0 saturated heterocycles. The fraction of sp³-hybridized carbons (Fsp3) is 0.250. The molecule has 0 radical (unpaired) electrons. The van der Waals surface area contributed by atoms with Crippen LogP contribution in [0, 0.1) is 13.8 Å². The van der Waals surface area contributed by atoms with E-state index < -0.39 is 0 Å². The third-order valence-corrected chi connectivity index (χ3v) is 3.28. The van der Waals surface area contributed by atoms with Gasteiger partial charge in [0.15, 0.2) is 11.6 Å². The van der Waals surface area contributed by atoms with Gasteiger partial charge in [-0.1, -0.05) is 6.07 Å². The fourth-order valence-electron chi connectivity index (χ4n) is 2.23. The summed E-state index contributed by atoms with van der Waals surface area (Å²) in [7, 11) is 3.91. The molecule has 22 heavy (non-hydrogen) atoms. The van der Waals surface area contributed by atoms with E-state index in [-0.39, 0.29) is 0 Å². The number of rotatable bonds is 3. The standard InChI is InChI=1S/C16H18N6/c1-11-9-12(2)22(20-11)15-10-14(21(3)4)18-16(19-15)13-7-5-6-8-17-13/h5-10H,1-4H3. The van der Waals surface area contributed by atoms with Crippen molar-refractivity contribution < 1.29 is 0 Å². The molecule has 112 valence electrons. The van der Waals surface area contributed by atoms with Gasteiger partial charge in [0.1, 0.15) is 11.5 Å². The highest BCUT2D eigenvalue weighted by molar-refractivity contribution is 5.55. The smallest absolute Gasteiger partial charge is 0.182 e. The Kier molecular flexibility index (Phi) is 3.58. The molecule has 0 aliphatic rings. The molecule has 0 saturated carbocycles. The number of hydrogen-bond donors (Lipinski definition) is 0. The second kappa shape index (κ2) is 5.55. The Hall–Kier alpha value is -2.76. The molecule has 0 aromatic carbocycles. The van der Waals surface area contributed by atoms with E-state index in [1.807, 2.05) is 67.9 Å². The van der Waals surface area contributed by atoms with Crippen LogP contribution in [0.1, 0.15) is 11.4 Å². The van der Waals surface area contributed by atoms with Crippen molar-refractivity contribution in [1.82, 2.24) is 24.7 Å². The molecule has 0 amide bonds. The molecule has 6 nitrogen and oxygen atoms in total. The molecule has 0 bridgehead atoms. The molecular weight excluding hydrogens is 276 g/mol. The van der Waals surface area contributed by atoms with E-state index in [2.05, 4.69) is 20.1 Å². The van der Waals surface area contributed by atoms with Gasteiger partial charge >= 0.3 is 0 Å². The van der Waals surface area contributed by atoms with Gasteiger partial charge in [0.25, 0.3) is 0 Å². The fourth-order valence-corrected chi connectivity index (χ4v) is 2.23. The zero-order chi connectivity index (χ0) is 15.7. The minimum Gasteiger partial charge on any atom is -0.363 e. The summed E-state index contributed by atoms with van der Waals surface area (Å²) < 4.78 is 1.83. The van der Waals surface area contributed by atoms with Crippen LogP contribution in [0.3, 0.4) is 0 Å². The number of aromatic nitrogens is 5. The zero-order valence-electron chi connectivity index (χ0n) is 13.1. The monoisotopic (exact) mass is 294 g/mol. The highest BCUT2D eigenvalue weighted by Gasteiger charge is 2.12. The molecular formula is C16H18N6. The van der Waals surface area contributed by atoms with E-state index in [0.717, 1.165) is 28.7 Å². The maximum Gasteiger partial charge on any atom is 0.182 e. The Balaban J connectivity index is 2.19. The van der Waals surface area contributed by atoms with Crippen LogP contribution in [0.4, 0.5) is 5.82 Å². The summed E-state index contributed by atoms with van der Waals surface area (Å²) in [6.45, 7) is 3.98. The predicted molar refractivity (Wildman–Crippen MR) is 86.2 cm³/mol. The van der Waals surface area contributed by atoms with Gasteiger partial charge in [0, 0.05) is 32.1 Å². The van der Waals surface area contributed by atoms with Crippen molar-refractivity contribution in [2.45, 2.75) is 13.8 Å². The topological polar surface area (TPSA) is 59.7 Å². The van der Waals surface area contributed by atoms with Crippen LogP contribution in [0.2, 0.25) is 0 Å². The summed E-state index contributed by atoms with van der Waals surface area (Å²) in [6, 6.07) is 9.65. The highest BCUT2D eigenvalue weighted by atomic mass is 15.3. The van der Waals surface area contributed by atoms with Gasteiger partial charge in [-0.05, 0) is 32.0 Å². The quantitative estimate of drug-likeness (QED) is 0.742. The molecule has 0 unspecified atom stereocenters. The van der Waals surface area contributed by atoms with Gasteiger partial charge in [-0.25, -0.2) is 14.6 Å². The molecule has 0 fully saturated rings. The van der Waals surface area contributed by atoms with Gasteiger partial charge in [-0.15, -0.1) is 0 Å². The maximum atomic E-state index is 4.63. The number of aryl methyl sites for hydroxylation is 2. The summed E-state index contributed by atoms with van der Waals surface area (Å²) in [6.07, 6.45) is 1.74. The van der Waals surface area contributed by atoms with Crippen LogP contribution in [0.5, 0.6) is 0 Å². The predicted octanol–water partition coefficient (Wildman–Crippen LogP) is 2.41. The molecule has 0 aliphatic heterocycles. The summed E-state index contributed by atoms with van der Waals surface area (Å²) in [4.78, 5) is 15.5. The average molecular weight is 294 g/mol. The first-order valence-electron chi connectivity index (χ1n) is 7.06. The van der Waals surface area contributed by atoms with Gasteiger partial charge < -0.3 is 4.90 Å². The van der Waals surface area contributed by atoms with Crippen molar-refractivity contribution in [2.75, 3.05) is 19.0 Å². The lowest BCUT2D eigenvalue weighted by Gasteiger charge is -2.14. The second-order valence-electron chi connectivity index (χ2n) is 5.36. The van der Waals surface area contributed by atoms with Crippen LogP contribution >= 0.6 is 0 Å². The van der Waals surface area contributed by atoms with Crippen LogP contribution in [0.25, 0.3) is 17.3 Å². The third kappa shape index (κ3) is 2.67. The van der Waals surface area contributed by atoms with Gasteiger partial charge in [0.2, 0.25) is 0 Å². The van der Waals surface area contributed by atoms with Crippen molar-refractivity contribution in [2.24, 2.45) is 0 Å². The first-order valence-corrected chi connectivity index (χ1v) is 7.06. The minimum atomic E-state index is 0.592. The van der Waals surface area contributed by atoms with Crippen LogP contribution < -0.4 is 4.90 Å². The Labute approximate surface area is 129 Å². The van der Waals surface area contributed by atoms with E-state index in [9.17, 15) is 0 Å². The lowest BCUT2D eigenvalue weighted by atomic mass is 10.3. The van der Waals surface area contributed by atoms with Crippen molar-refractivity contribution in [3.8, 4) is 17.3 Å². The van der Waals surface area contributed by atoms with Crippen LogP contribution in [0.15, 0.2) is 36.5 Å². The first-order chi connectivity index (χ1) is 10.5. The molecule has 3 aromatic heterocycles. The maximum absolute atomic E-state index is 4.63. The Bertz CT molecular complexity index is 792. The molecule has 0 spiro atoms. The minimum absolute atomic E-state index is 0.592. The second-order valence-corrected chi connectivity index (χ2v) is 5.36. The van der Waals surface area contributed by atoms with E-state index in [1.165, 1.54) is 0 Å². The van der Waals surface area contributed by atoms with Crippen molar-refractivity contribution in [1.29, 1.82) is 0 Å². The Morgan fingerprint density at radius 1 is 1.05 bits per heavy atom. The average Bonchev–Trinajstić information content (AvgIpc) is 2.86. The SMILES string of the molecule is Cc1cc(C)n(-c2cc(N(C)C)nc(-c3ccccn3)n2)n1. The van der Waals surface area contributed by atoms with E-state index in [4.69, 9.17) is 0 Å². The summed E-state index contributed by atoms with van der Waals surface area (Å²) in [5, 5.41) is 4.50. The number of anilines is 1. The van der Waals surface area contributed by atoms with Gasteiger partial charge in [-0.3, -0.25) is 4.98 Å². The lowest BCUT2D eigenvalue weighted by molar-refractivity contribution is 0.800. The van der Waals surface area contributed by atoms with Gasteiger partial charge in [-0.2, -0.15) is 5.10 Å². The number of nitrogens with zero attached hydrogens (tertiary/aromatic N) is 6. The molecule has 0 atom stereocenters. The van der Waals surface area contributed by atoms with Crippen molar-refractivity contribution in [3.05, 3.63) is 47.9 Å². The van der Waals surface area contributed by atoms with Crippen LogP contribution in [-0.2, 0) is 0 Å². The molecule has 0 aliphatic carbocycles. The van der Waals surface area contributed by atoms with E-state index in [0.29, 0.717) is 5.82 Å². The molecule has 3 heterocycles. The normalized spacial score (nSPS) is 10.7. The third-order valence-electron chi connectivity index (χ3n) is 3.28. The Morgan fingerprint density at radius 3 is 2.45 bits per heavy atom.